The van der Waals surface area contributed by atoms with Gasteiger partial charge in [-0.3, -0.25) is 0 Å². The van der Waals surface area contributed by atoms with E-state index in [1.165, 1.54) is 56.8 Å². The topological polar surface area (TPSA) is 15.3 Å². The van der Waals surface area contributed by atoms with Crippen molar-refractivity contribution in [1.29, 1.82) is 0 Å². The van der Waals surface area contributed by atoms with Gasteiger partial charge in [-0.1, -0.05) is 13.8 Å². The Labute approximate surface area is 124 Å². The van der Waals surface area contributed by atoms with E-state index in [0.29, 0.717) is 0 Å². The summed E-state index contributed by atoms with van der Waals surface area (Å²) >= 11 is 2.14. The van der Waals surface area contributed by atoms with Gasteiger partial charge in [0, 0.05) is 24.9 Å². The molecule has 0 spiro atoms. The average molecular weight is 285 g/mol. The standard InChI is InChI=1S/C16H32N2S/c1-13(2)14-5-6-16(17-3)15(11-14)12-18-7-4-9-19-10-8-18/h13-17H,4-12H2,1-3H3. The number of nitrogens with one attached hydrogen (secondary N) is 1. The number of hydrogen-bond donors (Lipinski definition) is 1. The third-order valence-corrected chi connectivity index (χ3v) is 6.19. The Balaban J connectivity index is 1.89. The molecule has 0 bridgehead atoms. The molecule has 2 aliphatic rings. The third kappa shape index (κ3) is 4.64. The van der Waals surface area contributed by atoms with Crippen molar-refractivity contribution in [2.75, 3.05) is 38.2 Å². The molecule has 2 rings (SSSR count). The Morgan fingerprint density at radius 1 is 1.21 bits per heavy atom. The van der Waals surface area contributed by atoms with Gasteiger partial charge in [0.2, 0.25) is 0 Å². The Hall–Kier alpha value is 0.270. The summed E-state index contributed by atoms with van der Waals surface area (Å²) in [6.45, 7) is 8.78. The summed E-state index contributed by atoms with van der Waals surface area (Å²) in [6, 6.07) is 0.755. The maximum atomic E-state index is 3.59. The van der Waals surface area contributed by atoms with Crippen LogP contribution in [0, 0.1) is 17.8 Å². The Bertz CT molecular complexity index is 249. The summed E-state index contributed by atoms with van der Waals surface area (Å²) in [5, 5.41) is 3.59. The molecule has 0 amide bonds. The zero-order valence-corrected chi connectivity index (χ0v) is 13.8. The van der Waals surface area contributed by atoms with Gasteiger partial charge in [-0.15, -0.1) is 0 Å². The summed E-state index contributed by atoms with van der Waals surface area (Å²) in [5.74, 6) is 5.39. The first-order valence-electron chi connectivity index (χ1n) is 8.18. The fourth-order valence-corrected chi connectivity index (χ4v) is 4.72. The van der Waals surface area contributed by atoms with Crippen LogP contribution in [0.5, 0.6) is 0 Å². The van der Waals surface area contributed by atoms with Crippen molar-refractivity contribution >= 4 is 11.8 Å². The van der Waals surface area contributed by atoms with E-state index in [9.17, 15) is 0 Å². The first-order chi connectivity index (χ1) is 9.20. The van der Waals surface area contributed by atoms with Gasteiger partial charge in [0.25, 0.3) is 0 Å². The molecule has 3 heteroatoms. The van der Waals surface area contributed by atoms with Gasteiger partial charge < -0.3 is 10.2 Å². The van der Waals surface area contributed by atoms with Gasteiger partial charge in [0.1, 0.15) is 0 Å². The molecule has 112 valence electrons. The molecule has 3 atom stereocenters. The molecule has 0 aromatic heterocycles. The van der Waals surface area contributed by atoms with Crippen LogP contribution >= 0.6 is 11.8 Å². The maximum absolute atomic E-state index is 3.59. The van der Waals surface area contributed by atoms with Crippen LogP contribution in [-0.2, 0) is 0 Å². The van der Waals surface area contributed by atoms with Gasteiger partial charge in [0.05, 0.1) is 0 Å². The van der Waals surface area contributed by atoms with Gasteiger partial charge in [-0.25, -0.2) is 0 Å². The number of nitrogens with zero attached hydrogens (tertiary/aromatic N) is 1. The Kier molecular flexibility index (Phi) is 6.51. The quantitative estimate of drug-likeness (QED) is 0.854. The zero-order valence-electron chi connectivity index (χ0n) is 13.0. The molecule has 0 radical (unpaired) electrons. The van der Waals surface area contributed by atoms with Crippen LogP contribution in [0.1, 0.15) is 39.5 Å². The lowest BCUT2D eigenvalue weighted by Gasteiger charge is -2.40. The van der Waals surface area contributed by atoms with Crippen LogP contribution in [0.4, 0.5) is 0 Å². The SMILES string of the molecule is CNC1CCC(C(C)C)CC1CN1CCCSCC1. The molecule has 3 unspecified atom stereocenters. The number of rotatable bonds is 4. The van der Waals surface area contributed by atoms with Gasteiger partial charge in [-0.2, -0.15) is 11.8 Å². The molecule has 19 heavy (non-hydrogen) atoms. The molecule has 2 nitrogen and oxygen atoms in total. The Morgan fingerprint density at radius 2 is 2.05 bits per heavy atom. The van der Waals surface area contributed by atoms with E-state index in [4.69, 9.17) is 0 Å². The molecule has 1 aliphatic heterocycles. The van der Waals surface area contributed by atoms with Crippen molar-refractivity contribution in [2.24, 2.45) is 17.8 Å². The molecule has 1 saturated carbocycles. The van der Waals surface area contributed by atoms with E-state index in [2.05, 4.69) is 42.9 Å². The van der Waals surface area contributed by atoms with E-state index in [1.807, 2.05) is 0 Å². The van der Waals surface area contributed by atoms with Crippen molar-refractivity contribution in [2.45, 2.75) is 45.6 Å². The largest absolute Gasteiger partial charge is 0.317 e. The Morgan fingerprint density at radius 3 is 2.79 bits per heavy atom. The van der Waals surface area contributed by atoms with Gasteiger partial charge in [-0.05, 0) is 62.8 Å². The van der Waals surface area contributed by atoms with E-state index in [-0.39, 0.29) is 0 Å². The predicted molar refractivity (Wildman–Crippen MR) is 86.9 cm³/mol. The molecule has 1 heterocycles. The highest BCUT2D eigenvalue weighted by molar-refractivity contribution is 7.99. The average Bonchev–Trinajstić information content (AvgIpc) is 2.67. The smallest absolute Gasteiger partial charge is 0.0105 e. The summed E-state index contributed by atoms with van der Waals surface area (Å²) < 4.78 is 0. The second-order valence-corrected chi connectivity index (χ2v) is 7.96. The lowest BCUT2D eigenvalue weighted by Crippen LogP contribution is -2.45. The molecule has 1 N–H and O–H groups in total. The summed E-state index contributed by atoms with van der Waals surface area (Å²) in [6.07, 6.45) is 5.63. The van der Waals surface area contributed by atoms with Crippen LogP contribution in [0.15, 0.2) is 0 Å². The van der Waals surface area contributed by atoms with Crippen molar-refractivity contribution in [3.8, 4) is 0 Å². The fourth-order valence-electron chi connectivity index (χ4n) is 3.80. The summed E-state index contributed by atoms with van der Waals surface area (Å²) in [4.78, 5) is 2.73. The molecule has 1 aliphatic carbocycles. The normalized spacial score (nSPS) is 34.4. The van der Waals surface area contributed by atoms with Crippen LogP contribution in [0.3, 0.4) is 0 Å². The highest BCUT2D eigenvalue weighted by Gasteiger charge is 2.32. The first-order valence-corrected chi connectivity index (χ1v) is 9.33. The van der Waals surface area contributed by atoms with E-state index in [0.717, 1.165) is 23.8 Å². The minimum absolute atomic E-state index is 0.755. The van der Waals surface area contributed by atoms with Crippen LogP contribution in [-0.4, -0.2) is 49.1 Å². The van der Waals surface area contributed by atoms with Crippen LogP contribution < -0.4 is 5.32 Å². The molecule has 2 fully saturated rings. The molecular formula is C16H32N2S. The minimum atomic E-state index is 0.755. The highest BCUT2D eigenvalue weighted by Crippen LogP contribution is 2.34. The fraction of sp³-hybridized carbons (Fsp3) is 1.00. The lowest BCUT2D eigenvalue weighted by molar-refractivity contribution is 0.128. The van der Waals surface area contributed by atoms with E-state index in [1.54, 1.807) is 0 Å². The highest BCUT2D eigenvalue weighted by atomic mass is 32.2. The predicted octanol–water partition coefficient (Wildman–Crippen LogP) is 3.09. The molecule has 1 saturated heterocycles. The maximum Gasteiger partial charge on any atom is 0.0105 e. The second kappa shape index (κ2) is 7.90. The monoisotopic (exact) mass is 284 g/mol. The van der Waals surface area contributed by atoms with E-state index < -0.39 is 0 Å². The van der Waals surface area contributed by atoms with E-state index >= 15 is 0 Å². The lowest BCUT2D eigenvalue weighted by atomic mass is 9.73. The van der Waals surface area contributed by atoms with Gasteiger partial charge in [0.15, 0.2) is 0 Å². The summed E-state index contributed by atoms with van der Waals surface area (Å²) in [5.41, 5.74) is 0. The molecular weight excluding hydrogens is 252 g/mol. The molecule has 0 aromatic carbocycles. The molecule has 0 aromatic rings. The summed E-state index contributed by atoms with van der Waals surface area (Å²) in [7, 11) is 2.16. The zero-order chi connectivity index (χ0) is 13.7. The minimum Gasteiger partial charge on any atom is -0.317 e. The van der Waals surface area contributed by atoms with Crippen molar-refractivity contribution in [3.63, 3.8) is 0 Å². The van der Waals surface area contributed by atoms with Crippen molar-refractivity contribution < 1.29 is 0 Å². The second-order valence-electron chi connectivity index (χ2n) is 6.74. The number of thioether (sulfide) groups is 1. The number of hydrogen-bond acceptors (Lipinski definition) is 3. The van der Waals surface area contributed by atoms with Gasteiger partial charge >= 0.3 is 0 Å². The van der Waals surface area contributed by atoms with Crippen molar-refractivity contribution in [3.05, 3.63) is 0 Å². The third-order valence-electron chi connectivity index (χ3n) is 5.14. The first kappa shape index (κ1) is 15.7. The van der Waals surface area contributed by atoms with Crippen LogP contribution in [0.2, 0.25) is 0 Å². The van der Waals surface area contributed by atoms with Crippen molar-refractivity contribution in [1.82, 2.24) is 10.2 Å². The van der Waals surface area contributed by atoms with Crippen LogP contribution in [0.25, 0.3) is 0 Å².